The summed E-state index contributed by atoms with van der Waals surface area (Å²) in [4.78, 5) is 10.5. The summed E-state index contributed by atoms with van der Waals surface area (Å²) in [5, 5.41) is 15.1. The summed E-state index contributed by atoms with van der Waals surface area (Å²) >= 11 is 12.1. The maximum absolute atomic E-state index is 11.0. The van der Waals surface area contributed by atoms with Crippen LogP contribution in [0.4, 0.5) is 11.4 Å². The van der Waals surface area contributed by atoms with Crippen LogP contribution in [0.25, 0.3) is 0 Å². The van der Waals surface area contributed by atoms with Gasteiger partial charge in [0, 0.05) is 23.3 Å². The number of benzene rings is 2. The summed E-state index contributed by atoms with van der Waals surface area (Å²) in [7, 11) is 0. The number of anilines is 1. The minimum Gasteiger partial charge on any atom is -0.381 e. The first kappa shape index (κ1) is 14.6. The molecule has 0 radical (unpaired) electrons. The third-order valence-corrected chi connectivity index (χ3v) is 3.69. The molecule has 0 fully saturated rings. The zero-order valence-electron chi connectivity index (χ0n) is 10.7. The molecular weight excluding hydrogens is 299 g/mol. The molecule has 0 atom stereocenters. The zero-order valence-corrected chi connectivity index (χ0v) is 12.2. The van der Waals surface area contributed by atoms with Crippen molar-refractivity contribution < 1.29 is 4.92 Å². The van der Waals surface area contributed by atoms with Gasteiger partial charge in [0.1, 0.15) is 0 Å². The molecule has 0 spiro atoms. The molecular formula is C14H12Cl2N2O2. The summed E-state index contributed by atoms with van der Waals surface area (Å²) in [5.41, 5.74) is 2.22. The first-order valence-electron chi connectivity index (χ1n) is 5.91. The highest BCUT2D eigenvalue weighted by atomic mass is 35.5. The van der Waals surface area contributed by atoms with Crippen molar-refractivity contribution in [3.63, 3.8) is 0 Å². The molecule has 0 unspecified atom stereocenters. The number of nitro benzene ring substituents is 1. The van der Waals surface area contributed by atoms with Gasteiger partial charge in [0.05, 0.1) is 15.5 Å². The van der Waals surface area contributed by atoms with Gasteiger partial charge in [0.15, 0.2) is 0 Å². The Kier molecular flexibility index (Phi) is 4.47. The van der Waals surface area contributed by atoms with Gasteiger partial charge in [0.2, 0.25) is 0 Å². The van der Waals surface area contributed by atoms with Crippen molar-refractivity contribution >= 4 is 34.6 Å². The summed E-state index contributed by atoms with van der Waals surface area (Å²) in [6, 6.07) is 10.2. The molecule has 2 aromatic rings. The van der Waals surface area contributed by atoms with E-state index < -0.39 is 4.92 Å². The lowest BCUT2D eigenvalue weighted by Gasteiger charge is -2.09. The van der Waals surface area contributed by atoms with Gasteiger partial charge < -0.3 is 5.32 Å². The minimum atomic E-state index is -0.439. The second-order valence-corrected chi connectivity index (χ2v) is 5.13. The van der Waals surface area contributed by atoms with Crippen molar-refractivity contribution in [2.45, 2.75) is 13.5 Å². The van der Waals surface area contributed by atoms with E-state index in [1.807, 2.05) is 19.1 Å². The van der Waals surface area contributed by atoms with Crippen molar-refractivity contribution in [1.29, 1.82) is 0 Å². The van der Waals surface area contributed by atoms with Crippen LogP contribution in [-0.4, -0.2) is 4.92 Å². The highest BCUT2D eigenvalue weighted by Gasteiger charge is 2.16. The maximum Gasteiger partial charge on any atom is 0.275 e. The number of hydrogen-bond acceptors (Lipinski definition) is 3. The minimum absolute atomic E-state index is 0.00297. The monoisotopic (exact) mass is 310 g/mol. The van der Waals surface area contributed by atoms with Gasteiger partial charge in [-0.2, -0.15) is 0 Å². The Balaban J connectivity index is 2.22. The Bertz CT molecular complexity index is 660. The van der Waals surface area contributed by atoms with Crippen LogP contribution < -0.4 is 5.32 Å². The van der Waals surface area contributed by atoms with E-state index in [1.54, 1.807) is 18.2 Å². The van der Waals surface area contributed by atoms with Crippen LogP contribution in [0, 0.1) is 17.0 Å². The molecule has 6 heteroatoms. The molecule has 0 aliphatic carbocycles. The van der Waals surface area contributed by atoms with E-state index in [0.29, 0.717) is 15.6 Å². The summed E-state index contributed by atoms with van der Waals surface area (Å²) in [6.07, 6.45) is 0. The predicted molar refractivity (Wildman–Crippen MR) is 81.6 cm³/mol. The molecule has 0 aromatic heterocycles. The molecule has 0 aliphatic rings. The third kappa shape index (κ3) is 3.21. The standard InChI is InChI=1S/C14H12Cl2N2O2/c1-9-5-6-10(7-13(9)16)17-8-11-12(15)3-2-4-14(11)18(19)20/h2-7,17H,8H2,1H3. The molecule has 104 valence electrons. The van der Waals surface area contributed by atoms with Gasteiger partial charge in [0.25, 0.3) is 5.69 Å². The number of nitro groups is 1. The summed E-state index contributed by atoms with van der Waals surface area (Å²) in [6.45, 7) is 2.17. The average molecular weight is 311 g/mol. The molecule has 2 rings (SSSR count). The molecule has 1 N–H and O–H groups in total. The number of halogens is 2. The van der Waals surface area contributed by atoms with Gasteiger partial charge in [-0.05, 0) is 30.7 Å². The fourth-order valence-electron chi connectivity index (χ4n) is 1.79. The Morgan fingerprint density at radius 3 is 2.60 bits per heavy atom. The first-order valence-corrected chi connectivity index (χ1v) is 6.66. The molecule has 4 nitrogen and oxygen atoms in total. The fraction of sp³-hybridized carbons (Fsp3) is 0.143. The van der Waals surface area contributed by atoms with Gasteiger partial charge in [-0.1, -0.05) is 35.3 Å². The van der Waals surface area contributed by atoms with Crippen LogP contribution in [0.3, 0.4) is 0 Å². The van der Waals surface area contributed by atoms with E-state index in [-0.39, 0.29) is 12.2 Å². The smallest absolute Gasteiger partial charge is 0.275 e. The Labute approximate surface area is 126 Å². The van der Waals surface area contributed by atoms with Crippen LogP contribution in [0.1, 0.15) is 11.1 Å². The van der Waals surface area contributed by atoms with Gasteiger partial charge in [-0.3, -0.25) is 10.1 Å². The maximum atomic E-state index is 11.0. The number of nitrogens with one attached hydrogen (secondary N) is 1. The van der Waals surface area contributed by atoms with Crippen molar-refractivity contribution in [2.24, 2.45) is 0 Å². The molecule has 0 saturated carbocycles. The number of aryl methyl sites for hydroxylation is 1. The second kappa shape index (κ2) is 6.11. The molecule has 0 amide bonds. The lowest BCUT2D eigenvalue weighted by atomic mass is 10.1. The van der Waals surface area contributed by atoms with E-state index in [2.05, 4.69) is 5.32 Å². The number of hydrogen-bond donors (Lipinski definition) is 1. The van der Waals surface area contributed by atoms with Gasteiger partial charge in [-0.25, -0.2) is 0 Å². The van der Waals surface area contributed by atoms with Crippen molar-refractivity contribution in [1.82, 2.24) is 0 Å². The van der Waals surface area contributed by atoms with Gasteiger partial charge >= 0.3 is 0 Å². The topological polar surface area (TPSA) is 55.2 Å². The van der Waals surface area contributed by atoms with E-state index in [0.717, 1.165) is 11.3 Å². The molecule has 2 aromatic carbocycles. The Morgan fingerprint density at radius 2 is 1.95 bits per heavy atom. The second-order valence-electron chi connectivity index (χ2n) is 4.31. The van der Waals surface area contributed by atoms with Crippen molar-refractivity contribution in [3.05, 3.63) is 67.7 Å². The van der Waals surface area contributed by atoms with Crippen molar-refractivity contribution in [3.8, 4) is 0 Å². The summed E-state index contributed by atoms with van der Waals surface area (Å²) < 4.78 is 0. The van der Waals surface area contributed by atoms with Crippen molar-refractivity contribution in [2.75, 3.05) is 5.32 Å². The average Bonchev–Trinajstić information content (AvgIpc) is 2.40. The predicted octanol–water partition coefficient (Wildman–Crippen LogP) is 4.82. The van der Waals surface area contributed by atoms with Crippen LogP contribution >= 0.6 is 23.2 Å². The zero-order chi connectivity index (χ0) is 14.7. The van der Waals surface area contributed by atoms with E-state index >= 15 is 0 Å². The Morgan fingerprint density at radius 1 is 1.20 bits per heavy atom. The van der Waals surface area contributed by atoms with Crippen LogP contribution in [-0.2, 0) is 6.54 Å². The quantitative estimate of drug-likeness (QED) is 0.650. The molecule has 0 aliphatic heterocycles. The number of rotatable bonds is 4. The van der Waals surface area contributed by atoms with E-state index in [1.165, 1.54) is 6.07 Å². The first-order chi connectivity index (χ1) is 9.49. The largest absolute Gasteiger partial charge is 0.381 e. The highest BCUT2D eigenvalue weighted by molar-refractivity contribution is 6.32. The molecule has 20 heavy (non-hydrogen) atoms. The van der Waals surface area contributed by atoms with E-state index in [4.69, 9.17) is 23.2 Å². The third-order valence-electron chi connectivity index (χ3n) is 2.93. The lowest BCUT2D eigenvalue weighted by Crippen LogP contribution is -2.04. The molecule has 0 bridgehead atoms. The van der Waals surface area contributed by atoms with Crippen LogP contribution in [0.2, 0.25) is 10.0 Å². The number of nitrogens with zero attached hydrogens (tertiary/aromatic N) is 1. The molecule has 0 saturated heterocycles. The van der Waals surface area contributed by atoms with Crippen LogP contribution in [0.15, 0.2) is 36.4 Å². The SMILES string of the molecule is Cc1ccc(NCc2c(Cl)cccc2[N+](=O)[O-])cc1Cl. The highest BCUT2D eigenvalue weighted by Crippen LogP contribution is 2.27. The normalized spacial score (nSPS) is 10.3. The molecule has 0 heterocycles. The fourth-order valence-corrected chi connectivity index (χ4v) is 2.20. The van der Waals surface area contributed by atoms with E-state index in [9.17, 15) is 10.1 Å². The van der Waals surface area contributed by atoms with Gasteiger partial charge in [-0.15, -0.1) is 0 Å². The summed E-state index contributed by atoms with van der Waals surface area (Å²) in [5.74, 6) is 0. The lowest BCUT2D eigenvalue weighted by molar-refractivity contribution is -0.385. The Hall–Kier alpha value is -1.78. The van der Waals surface area contributed by atoms with Crippen LogP contribution in [0.5, 0.6) is 0 Å².